The monoisotopic (exact) mass is 283 g/mol. The number of thiophene rings is 1. The van der Waals surface area contributed by atoms with E-state index in [-0.39, 0.29) is 0 Å². The van der Waals surface area contributed by atoms with Gasteiger partial charge in [-0.05, 0) is 31.5 Å². The molecule has 100 valence electrons. The predicted octanol–water partition coefficient (Wildman–Crippen LogP) is 3.15. The van der Waals surface area contributed by atoms with Crippen molar-refractivity contribution in [2.75, 3.05) is 5.43 Å². The summed E-state index contributed by atoms with van der Waals surface area (Å²) < 4.78 is 0. The molecule has 6 heteroatoms. The number of aromatic nitrogens is 3. The lowest BCUT2D eigenvalue weighted by molar-refractivity contribution is 1.18. The maximum atomic E-state index is 4.29. The standard InChI is InChI=1S/C14H13N5S/c1-9-10(2)20-14-12(9)13(16-8-17-14)19-18-7-11-5-3-4-6-15-11/h3-8H,1-2H3,(H,16,17,19)/b18-7-. The third kappa shape index (κ3) is 2.37. The van der Waals surface area contributed by atoms with Gasteiger partial charge in [0.25, 0.3) is 0 Å². The van der Waals surface area contributed by atoms with Crippen LogP contribution in [0.2, 0.25) is 0 Å². The van der Waals surface area contributed by atoms with Crippen molar-refractivity contribution in [1.82, 2.24) is 15.0 Å². The van der Waals surface area contributed by atoms with Crippen LogP contribution in [0, 0.1) is 13.8 Å². The first-order chi connectivity index (χ1) is 9.75. The van der Waals surface area contributed by atoms with Crippen LogP contribution in [0.4, 0.5) is 5.82 Å². The summed E-state index contributed by atoms with van der Waals surface area (Å²) in [6, 6.07) is 5.68. The molecule has 0 aliphatic heterocycles. The molecule has 0 unspecified atom stereocenters. The average molecular weight is 283 g/mol. The third-order valence-corrected chi connectivity index (χ3v) is 4.14. The van der Waals surface area contributed by atoms with Crippen LogP contribution in [-0.2, 0) is 0 Å². The molecule has 5 nitrogen and oxygen atoms in total. The molecule has 0 fully saturated rings. The Kier molecular flexibility index (Phi) is 3.39. The minimum absolute atomic E-state index is 0.726. The SMILES string of the molecule is Cc1sc2ncnc(N/N=C\c3ccccn3)c2c1C. The van der Waals surface area contributed by atoms with Gasteiger partial charge in [0, 0.05) is 11.1 Å². The summed E-state index contributed by atoms with van der Waals surface area (Å²) in [4.78, 5) is 15.0. The van der Waals surface area contributed by atoms with E-state index in [9.17, 15) is 0 Å². The molecule has 20 heavy (non-hydrogen) atoms. The predicted molar refractivity (Wildman–Crippen MR) is 82.3 cm³/mol. The highest BCUT2D eigenvalue weighted by Gasteiger charge is 2.10. The van der Waals surface area contributed by atoms with Crippen LogP contribution < -0.4 is 5.43 Å². The van der Waals surface area contributed by atoms with Gasteiger partial charge in [-0.25, -0.2) is 9.97 Å². The Morgan fingerprint density at radius 3 is 2.90 bits per heavy atom. The molecule has 0 amide bonds. The van der Waals surface area contributed by atoms with E-state index in [1.54, 1.807) is 30.1 Å². The van der Waals surface area contributed by atoms with Crippen LogP contribution >= 0.6 is 11.3 Å². The highest BCUT2D eigenvalue weighted by atomic mass is 32.1. The van der Waals surface area contributed by atoms with Crippen LogP contribution in [0.5, 0.6) is 0 Å². The van der Waals surface area contributed by atoms with Gasteiger partial charge in [0.1, 0.15) is 11.2 Å². The molecule has 0 aliphatic rings. The molecular weight excluding hydrogens is 270 g/mol. The second-order valence-corrected chi connectivity index (χ2v) is 5.51. The first-order valence-electron chi connectivity index (χ1n) is 6.16. The highest BCUT2D eigenvalue weighted by molar-refractivity contribution is 7.18. The summed E-state index contributed by atoms with van der Waals surface area (Å²) in [6.07, 6.45) is 4.95. The summed E-state index contributed by atoms with van der Waals surface area (Å²) >= 11 is 1.67. The zero-order valence-corrected chi connectivity index (χ0v) is 12.0. The first kappa shape index (κ1) is 12.7. The van der Waals surface area contributed by atoms with E-state index in [2.05, 4.69) is 39.3 Å². The molecule has 0 spiro atoms. The number of nitrogens with one attached hydrogen (secondary N) is 1. The summed E-state index contributed by atoms with van der Waals surface area (Å²) in [5.41, 5.74) is 4.97. The maximum absolute atomic E-state index is 4.29. The van der Waals surface area contributed by atoms with Crippen molar-refractivity contribution in [2.24, 2.45) is 5.10 Å². The van der Waals surface area contributed by atoms with Crippen molar-refractivity contribution in [2.45, 2.75) is 13.8 Å². The largest absolute Gasteiger partial charge is 0.261 e. The number of hydrogen-bond acceptors (Lipinski definition) is 6. The lowest BCUT2D eigenvalue weighted by Gasteiger charge is -2.01. The fourth-order valence-corrected chi connectivity index (χ4v) is 2.88. The van der Waals surface area contributed by atoms with Gasteiger partial charge in [0.2, 0.25) is 0 Å². The zero-order valence-electron chi connectivity index (χ0n) is 11.2. The van der Waals surface area contributed by atoms with Gasteiger partial charge in [-0.3, -0.25) is 10.4 Å². The normalized spacial score (nSPS) is 11.3. The highest BCUT2D eigenvalue weighted by Crippen LogP contribution is 2.32. The van der Waals surface area contributed by atoms with Gasteiger partial charge in [-0.2, -0.15) is 5.10 Å². The second-order valence-electron chi connectivity index (χ2n) is 4.31. The summed E-state index contributed by atoms with van der Waals surface area (Å²) in [5.74, 6) is 0.726. The molecule has 3 aromatic heterocycles. The Morgan fingerprint density at radius 1 is 1.20 bits per heavy atom. The summed E-state index contributed by atoms with van der Waals surface area (Å²) in [5, 5.41) is 5.22. The first-order valence-corrected chi connectivity index (χ1v) is 6.98. The fourth-order valence-electron chi connectivity index (χ4n) is 1.88. The molecule has 3 heterocycles. The Morgan fingerprint density at radius 2 is 2.10 bits per heavy atom. The second kappa shape index (κ2) is 5.34. The minimum atomic E-state index is 0.726. The van der Waals surface area contributed by atoms with E-state index in [0.29, 0.717) is 0 Å². The molecule has 0 aliphatic carbocycles. The van der Waals surface area contributed by atoms with Crippen molar-refractivity contribution >= 4 is 33.6 Å². The minimum Gasteiger partial charge on any atom is -0.261 e. The molecule has 0 atom stereocenters. The van der Waals surface area contributed by atoms with Gasteiger partial charge in [-0.15, -0.1) is 11.3 Å². The number of nitrogens with zero attached hydrogens (tertiary/aromatic N) is 4. The number of rotatable bonds is 3. The Balaban J connectivity index is 1.90. The van der Waals surface area contributed by atoms with Crippen molar-refractivity contribution in [3.8, 4) is 0 Å². The number of fused-ring (bicyclic) bond motifs is 1. The van der Waals surface area contributed by atoms with Crippen molar-refractivity contribution < 1.29 is 0 Å². The van der Waals surface area contributed by atoms with Gasteiger partial charge in [0.05, 0.1) is 17.3 Å². The molecule has 1 N–H and O–H groups in total. The lowest BCUT2D eigenvalue weighted by atomic mass is 10.2. The number of pyridine rings is 1. The molecule has 0 radical (unpaired) electrons. The van der Waals surface area contributed by atoms with E-state index >= 15 is 0 Å². The van der Waals surface area contributed by atoms with Crippen LogP contribution in [0.25, 0.3) is 10.2 Å². The molecule has 0 saturated heterocycles. The van der Waals surface area contributed by atoms with E-state index < -0.39 is 0 Å². The fraction of sp³-hybridized carbons (Fsp3) is 0.143. The Hall–Kier alpha value is -2.34. The number of hydrazone groups is 1. The van der Waals surface area contributed by atoms with E-state index in [1.807, 2.05) is 18.2 Å². The molecule has 0 bridgehead atoms. The zero-order chi connectivity index (χ0) is 13.9. The maximum Gasteiger partial charge on any atom is 0.158 e. The average Bonchev–Trinajstić information content (AvgIpc) is 2.76. The van der Waals surface area contributed by atoms with Crippen LogP contribution in [0.3, 0.4) is 0 Å². The molecule has 0 saturated carbocycles. The van der Waals surface area contributed by atoms with Crippen LogP contribution in [-0.4, -0.2) is 21.2 Å². The van der Waals surface area contributed by atoms with Gasteiger partial charge in [-0.1, -0.05) is 6.07 Å². The lowest BCUT2D eigenvalue weighted by Crippen LogP contribution is -1.96. The van der Waals surface area contributed by atoms with Gasteiger partial charge in [0.15, 0.2) is 5.82 Å². The van der Waals surface area contributed by atoms with Crippen molar-refractivity contribution in [3.63, 3.8) is 0 Å². The molecule has 0 aromatic carbocycles. The van der Waals surface area contributed by atoms with Crippen LogP contribution in [0.1, 0.15) is 16.1 Å². The topological polar surface area (TPSA) is 63.1 Å². The third-order valence-electron chi connectivity index (χ3n) is 3.02. The Bertz CT molecular complexity index is 764. The van der Waals surface area contributed by atoms with E-state index in [4.69, 9.17) is 0 Å². The van der Waals surface area contributed by atoms with E-state index in [0.717, 1.165) is 21.7 Å². The Labute approximate surface area is 120 Å². The number of hydrogen-bond donors (Lipinski definition) is 1. The van der Waals surface area contributed by atoms with Gasteiger partial charge >= 0.3 is 0 Å². The summed E-state index contributed by atoms with van der Waals surface area (Å²) in [6.45, 7) is 4.16. The smallest absolute Gasteiger partial charge is 0.158 e. The number of anilines is 1. The van der Waals surface area contributed by atoms with Crippen molar-refractivity contribution in [3.05, 3.63) is 46.9 Å². The van der Waals surface area contributed by atoms with Crippen molar-refractivity contribution in [1.29, 1.82) is 0 Å². The summed E-state index contributed by atoms with van der Waals surface area (Å²) in [7, 11) is 0. The molecule has 3 aromatic rings. The quantitative estimate of drug-likeness (QED) is 0.592. The van der Waals surface area contributed by atoms with Crippen LogP contribution in [0.15, 0.2) is 35.8 Å². The molecule has 3 rings (SSSR count). The van der Waals surface area contributed by atoms with Gasteiger partial charge < -0.3 is 0 Å². The molecular formula is C14H13N5S. The van der Waals surface area contributed by atoms with E-state index in [1.165, 1.54) is 10.4 Å². The number of aryl methyl sites for hydroxylation is 2.